The molecule has 0 radical (unpaired) electrons. The first-order chi connectivity index (χ1) is 9.42. The normalized spacial score (nSPS) is 11.5. The van der Waals surface area contributed by atoms with E-state index in [1.54, 1.807) is 19.1 Å². The van der Waals surface area contributed by atoms with Crippen molar-refractivity contribution in [2.75, 3.05) is 7.11 Å². The van der Waals surface area contributed by atoms with Crippen molar-refractivity contribution < 1.29 is 13.2 Å². The summed E-state index contributed by atoms with van der Waals surface area (Å²) >= 11 is 0.665. The van der Waals surface area contributed by atoms with E-state index >= 15 is 0 Å². The number of hydrogen-bond donors (Lipinski definition) is 2. The van der Waals surface area contributed by atoms with Crippen LogP contribution in [0.25, 0.3) is 0 Å². The van der Waals surface area contributed by atoms with Crippen molar-refractivity contribution in [1.82, 2.24) is 14.7 Å². The van der Waals surface area contributed by atoms with Crippen LogP contribution in [-0.2, 0) is 16.6 Å². The molecule has 2 rings (SSSR count). The summed E-state index contributed by atoms with van der Waals surface area (Å²) in [5, 5.41) is 0. The Hall–Kier alpha value is -1.71. The average Bonchev–Trinajstić information content (AvgIpc) is 2.77. The number of H-pyrrole nitrogens is 1. The van der Waals surface area contributed by atoms with E-state index in [-0.39, 0.29) is 10.8 Å². The van der Waals surface area contributed by atoms with E-state index in [1.807, 2.05) is 0 Å². The predicted octanol–water partition coefficient (Wildman–Crippen LogP) is 0.627. The molecule has 0 unspecified atom stereocenters. The lowest BCUT2D eigenvalue weighted by Crippen LogP contribution is -2.23. The number of nitrogens with one attached hydrogen (secondary N) is 2. The number of rotatable bonds is 5. The maximum Gasteiger partial charge on any atom is 0.305 e. The summed E-state index contributed by atoms with van der Waals surface area (Å²) in [6.07, 6.45) is 1.52. The van der Waals surface area contributed by atoms with E-state index in [4.69, 9.17) is 4.74 Å². The van der Waals surface area contributed by atoms with Gasteiger partial charge in [-0.15, -0.1) is 0 Å². The Morgan fingerprint density at radius 3 is 2.70 bits per heavy atom. The van der Waals surface area contributed by atoms with Crippen molar-refractivity contribution in [3.63, 3.8) is 0 Å². The fourth-order valence-electron chi connectivity index (χ4n) is 1.53. The Balaban J connectivity index is 2.12. The first-order valence-corrected chi connectivity index (χ1v) is 7.90. The SMILES string of the molecule is COc1ccc(CNS(=O)(=O)c2sc(=O)[nH]c2C)cn1. The van der Waals surface area contributed by atoms with Gasteiger partial charge in [-0.3, -0.25) is 4.79 Å². The van der Waals surface area contributed by atoms with Gasteiger partial charge in [0.15, 0.2) is 4.21 Å². The second kappa shape index (κ2) is 5.73. The van der Waals surface area contributed by atoms with Gasteiger partial charge < -0.3 is 9.72 Å². The Kier molecular flexibility index (Phi) is 4.21. The van der Waals surface area contributed by atoms with Crippen LogP contribution in [0.4, 0.5) is 0 Å². The number of aryl methyl sites for hydroxylation is 1. The highest BCUT2D eigenvalue weighted by atomic mass is 32.2. The molecule has 0 bridgehead atoms. The third-order valence-electron chi connectivity index (χ3n) is 2.50. The molecule has 0 spiro atoms. The molecule has 0 atom stereocenters. The minimum atomic E-state index is -3.71. The van der Waals surface area contributed by atoms with E-state index in [2.05, 4.69) is 14.7 Å². The van der Waals surface area contributed by atoms with Gasteiger partial charge in [0.1, 0.15) is 0 Å². The number of thiazole rings is 1. The molecule has 0 aliphatic heterocycles. The van der Waals surface area contributed by atoms with E-state index in [1.165, 1.54) is 13.3 Å². The third-order valence-corrected chi connectivity index (χ3v) is 5.50. The summed E-state index contributed by atoms with van der Waals surface area (Å²) < 4.78 is 31.5. The summed E-state index contributed by atoms with van der Waals surface area (Å²) in [7, 11) is -2.20. The van der Waals surface area contributed by atoms with Gasteiger partial charge in [-0.1, -0.05) is 17.4 Å². The second-order valence-corrected chi connectivity index (χ2v) is 6.91. The summed E-state index contributed by atoms with van der Waals surface area (Å²) in [6, 6.07) is 3.35. The van der Waals surface area contributed by atoms with Crippen LogP contribution < -0.4 is 14.3 Å². The molecule has 0 amide bonds. The van der Waals surface area contributed by atoms with Crippen molar-refractivity contribution in [3.8, 4) is 5.88 Å². The lowest BCUT2D eigenvalue weighted by atomic mass is 10.3. The zero-order chi connectivity index (χ0) is 14.8. The molecule has 2 aromatic heterocycles. The zero-order valence-electron chi connectivity index (χ0n) is 10.8. The van der Waals surface area contributed by atoms with Gasteiger partial charge in [-0.2, -0.15) is 0 Å². The van der Waals surface area contributed by atoms with Crippen LogP contribution >= 0.6 is 11.3 Å². The Labute approximate surface area is 119 Å². The molecule has 2 N–H and O–H groups in total. The summed E-state index contributed by atoms with van der Waals surface area (Å²) in [6.45, 7) is 1.63. The van der Waals surface area contributed by atoms with Gasteiger partial charge in [-0.05, 0) is 12.5 Å². The second-order valence-electron chi connectivity index (χ2n) is 3.96. The largest absolute Gasteiger partial charge is 0.481 e. The molecule has 7 nitrogen and oxygen atoms in total. The minimum absolute atomic E-state index is 0.00368. The lowest BCUT2D eigenvalue weighted by molar-refractivity contribution is 0.397. The van der Waals surface area contributed by atoms with Crippen LogP contribution in [0.2, 0.25) is 0 Å². The Morgan fingerprint density at radius 2 is 2.20 bits per heavy atom. The first kappa shape index (κ1) is 14.7. The number of hydrogen-bond acceptors (Lipinski definition) is 6. The fourth-order valence-corrected chi connectivity index (χ4v) is 3.89. The van der Waals surface area contributed by atoms with Crippen molar-refractivity contribution in [2.45, 2.75) is 17.7 Å². The van der Waals surface area contributed by atoms with Crippen molar-refractivity contribution >= 4 is 21.4 Å². The Bertz CT molecular complexity index is 747. The first-order valence-electron chi connectivity index (χ1n) is 5.60. The van der Waals surface area contributed by atoms with Crippen LogP contribution in [0, 0.1) is 6.92 Å². The van der Waals surface area contributed by atoms with E-state index < -0.39 is 14.9 Å². The number of sulfonamides is 1. The molecule has 2 heterocycles. The maximum absolute atomic E-state index is 12.1. The third kappa shape index (κ3) is 3.24. The molecule has 0 aliphatic rings. The average molecular weight is 315 g/mol. The summed E-state index contributed by atoms with van der Waals surface area (Å²) in [5.74, 6) is 0.455. The van der Waals surface area contributed by atoms with E-state index in [9.17, 15) is 13.2 Å². The van der Waals surface area contributed by atoms with Crippen LogP contribution in [-0.4, -0.2) is 25.5 Å². The van der Waals surface area contributed by atoms with Crippen molar-refractivity contribution in [3.05, 3.63) is 39.3 Å². The predicted molar refractivity (Wildman–Crippen MR) is 74.5 cm³/mol. The minimum Gasteiger partial charge on any atom is -0.481 e. The van der Waals surface area contributed by atoms with Crippen LogP contribution in [0.15, 0.2) is 27.3 Å². The molecule has 108 valence electrons. The molecule has 0 aliphatic carbocycles. The molecule has 0 aromatic carbocycles. The van der Waals surface area contributed by atoms with Gasteiger partial charge in [0.05, 0.1) is 7.11 Å². The van der Waals surface area contributed by atoms with Crippen LogP contribution in [0.3, 0.4) is 0 Å². The van der Waals surface area contributed by atoms with Crippen molar-refractivity contribution in [2.24, 2.45) is 0 Å². The van der Waals surface area contributed by atoms with Gasteiger partial charge in [0.2, 0.25) is 5.88 Å². The highest BCUT2D eigenvalue weighted by Gasteiger charge is 2.20. The van der Waals surface area contributed by atoms with Gasteiger partial charge in [0, 0.05) is 24.5 Å². The zero-order valence-corrected chi connectivity index (χ0v) is 12.5. The van der Waals surface area contributed by atoms with Gasteiger partial charge >= 0.3 is 4.87 Å². The monoisotopic (exact) mass is 315 g/mol. The topological polar surface area (TPSA) is 101 Å². The van der Waals surface area contributed by atoms with Gasteiger partial charge in [-0.25, -0.2) is 18.1 Å². The molecule has 0 fully saturated rings. The lowest BCUT2D eigenvalue weighted by Gasteiger charge is -2.06. The highest BCUT2D eigenvalue weighted by molar-refractivity contribution is 7.91. The van der Waals surface area contributed by atoms with Gasteiger partial charge in [0.25, 0.3) is 10.0 Å². The molecule has 20 heavy (non-hydrogen) atoms. The quantitative estimate of drug-likeness (QED) is 0.842. The summed E-state index contributed by atoms with van der Waals surface area (Å²) in [5.41, 5.74) is 1.02. The number of aromatic amines is 1. The molecule has 0 saturated carbocycles. The number of pyridine rings is 1. The molecule has 2 aromatic rings. The number of ether oxygens (including phenoxy) is 1. The number of aromatic nitrogens is 2. The Morgan fingerprint density at radius 1 is 1.45 bits per heavy atom. The highest BCUT2D eigenvalue weighted by Crippen LogP contribution is 2.16. The van der Waals surface area contributed by atoms with E-state index in [0.717, 1.165) is 0 Å². The summed E-state index contributed by atoms with van der Waals surface area (Å²) in [4.78, 5) is 17.2. The molecule has 0 saturated heterocycles. The molecular formula is C11H13N3O4S2. The standard InChI is InChI=1S/C11H13N3O4S2/c1-7-10(19-11(15)14-7)20(16,17)13-6-8-3-4-9(18-2)12-5-8/h3-5,13H,6H2,1-2H3,(H,14,15). The van der Waals surface area contributed by atoms with E-state index in [0.29, 0.717) is 28.5 Å². The van der Waals surface area contributed by atoms with Crippen LogP contribution in [0.1, 0.15) is 11.3 Å². The van der Waals surface area contributed by atoms with Crippen molar-refractivity contribution in [1.29, 1.82) is 0 Å². The molecule has 9 heteroatoms. The number of methoxy groups -OCH3 is 1. The van der Waals surface area contributed by atoms with Crippen LogP contribution in [0.5, 0.6) is 5.88 Å². The molecular weight excluding hydrogens is 302 g/mol. The fraction of sp³-hybridized carbons (Fsp3) is 0.273. The number of nitrogens with zero attached hydrogens (tertiary/aromatic N) is 1. The smallest absolute Gasteiger partial charge is 0.305 e. The maximum atomic E-state index is 12.1.